The van der Waals surface area contributed by atoms with Crippen LogP contribution in [0, 0.1) is 13.8 Å². The molecule has 1 aromatic carbocycles. The molecule has 1 N–H and O–H groups in total. The van der Waals surface area contributed by atoms with Gasteiger partial charge in [-0.2, -0.15) is 0 Å². The third-order valence-corrected chi connectivity index (χ3v) is 3.78. The van der Waals surface area contributed by atoms with E-state index < -0.39 is 0 Å². The maximum atomic E-state index is 5.65. The normalized spacial score (nSPS) is 20.6. The molecule has 1 heterocycles. The highest BCUT2D eigenvalue weighted by atomic mass is 16.5. The molecule has 1 unspecified atom stereocenters. The Bertz CT molecular complexity index is 411. The summed E-state index contributed by atoms with van der Waals surface area (Å²) in [6.45, 7) is 13.5. The third kappa shape index (κ3) is 4.58. The van der Waals surface area contributed by atoms with Gasteiger partial charge in [-0.05, 0) is 19.4 Å². The molecule has 0 amide bonds. The molecule has 1 fully saturated rings. The van der Waals surface area contributed by atoms with Gasteiger partial charge in [-0.25, -0.2) is 0 Å². The molecule has 0 radical (unpaired) electrons. The summed E-state index contributed by atoms with van der Waals surface area (Å²) in [7, 11) is 0. The summed E-state index contributed by atoms with van der Waals surface area (Å²) in [5.41, 5.74) is 4.12. The molecular weight excluding hydrogens is 248 g/mol. The van der Waals surface area contributed by atoms with E-state index in [-0.39, 0.29) is 0 Å². The lowest BCUT2D eigenvalue weighted by molar-refractivity contribution is -0.0114. The number of rotatable bonds is 5. The van der Waals surface area contributed by atoms with Crippen LogP contribution in [0.3, 0.4) is 0 Å². The van der Waals surface area contributed by atoms with Crippen molar-refractivity contribution in [2.45, 2.75) is 46.3 Å². The van der Waals surface area contributed by atoms with Crippen LogP contribution in [0.1, 0.15) is 30.5 Å². The van der Waals surface area contributed by atoms with Crippen LogP contribution in [0.4, 0.5) is 0 Å². The summed E-state index contributed by atoms with van der Waals surface area (Å²) in [6, 6.07) is 7.85. The second-order valence-corrected chi connectivity index (χ2v) is 6.26. The molecule has 0 spiro atoms. The van der Waals surface area contributed by atoms with Crippen LogP contribution in [0.2, 0.25) is 0 Å². The number of aryl methyl sites for hydroxylation is 2. The van der Waals surface area contributed by atoms with Crippen LogP contribution in [-0.2, 0) is 11.3 Å². The summed E-state index contributed by atoms with van der Waals surface area (Å²) in [5, 5.41) is 3.53. The van der Waals surface area contributed by atoms with Crippen molar-refractivity contribution in [3.05, 3.63) is 34.9 Å². The summed E-state index contributed by atoms with van der Waals surface area (Å²) >= 11 is 0. The Morgan fingerprint density at radius 1 is 1.25 bits per heavy atom. The van der Waals surface area contributed by atoms with Crippen LogP contribution < -0.4 is 5.32 Å². The maximum Gasteiger partial charge on any atom is 0.0635 e. The first kappa shape index (κ1) is 15.5. The Balaban J connectivity index is 2.00. The predicted octanol–water partition coefficient (Wildman–Crippen LogP) is 2.50. The average molecular weight is 276 g/mol. The van der Waals surface area contributed by atoms with Crippen molar-refractivity contribution in [1.29, 1.82) is 0 Å². The highest BCUT2D eigenvalue weighted by Crippen LogP contribution is 2.15. The van der Waals surface area contributed by atoms with Crippen LogP contribution in [0.5, 0.6) is 0 Å². The molecule has 3 nitrogen and oxygen atoms in total. The van der Waals surface area contributed by atoms with Gasteiger partial charge in [-0.1, -0.05) is 43.2 Å². The van der Waals surface area contributed by atoms with Gasteiger partial charge in [0.1, 0.15) is 0 Å². The lowest BCUT2D eigenvalue weighted by atomic mass is 10.1. The third-order valence-electron chi connectivity index (χ3n) is 3.78. The van der Waals surface area contributed by atoms with E-state index in [2.05, 4.69) is 56.1 Å². The average Bonchev–Trinajstić information content (AvgIpc) is 2.36. The zero-order valence-electron chi connectivity index (χ0n) is 13.3. The van der Waals surface area contributed by atoms with Gasteiger partial charge in [-0.15, -0.1) is 0 Å². The van der Waals surface area contributed by atoms with E-state index in [0.717, 1.165) is 32.8 Å². The fourth-order valence-corrected chi connectivity index (χ4v) is 2.85. The Labute approximate surface area is 123 Å². The first-order valence-electron chi connectivity index (χ1n) is 7.67. The van der Waals surface area contributed by atoms with E-state index in [0.29, 0.717) is 12.1 Å². The lowest BCUT2D eigenvalue weighted by Gasteiger charge is -2.36. The van der Waals surface area contributed by atoms with Crippen molar-refractivity contribution in [1.82, 2.24) is 10.2 Å². The van der Waals surface area contributed by atoms with Crippen LogP contribution >= 0.6 is 0 Å². The highest BCUT2D eigenvalue weighted by Gasteiger charge is 2.23. The largest absolute Gasteiger partial charge is 0.378 e. The minimum atomic E-state index is 0.479. The molecule has 1 aromatic rings. The molecule has 1 atom stereocenters. The zero-order valence-corrected chi connectivity index (χ0v) is 13.3. The number of morpholine rings is 1. The van der Waals surface area contributed by atoms with Crippen molar-refractivity contribution in [3.63, 3.8) is 0 Å². The SMILES string of the molecule is Cc1cc(C)cc(CN2CCOCC2CNC(C)C)c1. The lowest BCUT2D eigenvalue weighted by Crippen LogP contribution is -2.50. The van der Waals surface area contributed by atoms with E-state index >= 15 is 0 Å². The topological polar surface area (TPSA) is 24.5 Å². The van der Waals surface area contributed by atoms with Crippen molar-refractivity contribution >= 4 is 0 Å². The van der Waals surface area contributed by atoms with E-state index in [1.54, 1.807) is 0 Å². The first-order chi connectivity index (χ1) is 9.54. The highest BCUT2D eigenvalue weighted by molar-refractivity contribution is 5.28. The zero-order chi connectivity index (χ0) is 14.5. The van der Waals surface area contributed by atoms with E-state index in [4.69, 9.17) is 4.74 Å². The number of ether oxygens (including phenoxy) is 1. The van der Waals surface area contributed by atoms with Gasteiger partial charge in [0.05, 0.1) is 13.2 Å². The number of nitrogens with one attached hydrogen (secondary N) is 1. The van der Waals surface area contributed by atoms with Gasteiger partial charge >= 0.3 is 0 Å². The fourth-order valence-electron chi connectivity index (χ4n) is 2.85. The standard InChI is InChI=1S/C17H28N2O/c1-13(2)18-10-17-12-20-6-5-19(17)11-16-8-14(3)7-15(4)9-16/h7-9,13,17-18H,5-6,10-12H2,1-4H3. The number of nitrogens with zero attached hydrogens (tertiary/aromatic N) is 1. The van der Waals surface area contributed by atoms with Gasteiger partial charge in [0, 0.05) is 31.7 Å². The van der Waals surface area contributed by atoms with E-state index in [1.807, 2.05) is 0 Å². The first-order valence-corrected chi connectivity index (χ1v) is 7.67. The Morgan fingerprint density at radius 2 is 1.95 bits per heavy atom. The molecule has 0 saturated carbocycles. The predicted molar refractivity (Wildman–Crippen MR) is 84.1 cm³/mol. The number of hydrogen-bond acceptors (Lipinski definition) is 3. The number of hydrogen-bond donors (Lipinski definition) is 1. The fraction of sp³-hybridized carbons (Fsp3) is 0.647. The molecule has 1 saturated heterocycles. The van der Waals surface area contributed by atoms with Crippen LogP contribution in [-0.4, -0.2) is 43.3 Å². The molecule has 20 heavy (non-hydrogen) atoms. The number of benzene rings is 1. The molecule has 0 aliphatic carbocycles. The minimum absolute atomic E-state index is 0.479. The van der Waals surface area contributed by atoms with Crippen molar-refractivity contribution in [2.75, 3.05) is 26.3 Å². The summed E-state index contributed by atoms with van der Waals surface area (Å²) in [6.07, 6.45) is 0. The van der Waals surface area contributed by atoms with Crippen molar-refractivity contribution in [2.24, 2.45) is 0 Å². The van der Waals surface area contributed by atoms with Crippen molar-refractivity contribution in [3.8, 4) is 0 Å². The van der Waals surface area contributed by atoms with Gasteiger partial charge < -0.3 is 10.1 Å². The monoisotopic (exact) mass is 276 g/mol. The smallest absolute Gasteiger partial charge is 0.0635 e. The molecule has 1 aliphatic rings. The van der Waals surface area contributed by atoms with E-state index in [9.17, 15) is 0 Å². The molecular formula is C17H28N2O. The minimum Gasteiger partial charge on any atom is -0.378 e. The van der Waals surface area contributed by atoms with Crippen molar-refractivity contribution < 1.29 is 4.74 Å². The van der Waals surface area contributed by atoms with E-state index in [1.165, 1.54) is 16.7 Å². The van der Waals surface area contributed by atoms with Crippen LogP contribution in [0.25, 0.3) is 0 Å². The second-order valence-electron chi connectivity index (χ2n) is 6.26. The molecule has 0 aromatic heterocycles. The summed E-state index contributed by atoms with van der Waals surface area (Å²) < 4.78 is 5.65. The van der Waals surface area contributed by atoms with Gasteiger partial charge in [0.25, 0.3) is 0 Å². The van der Waals surface area contributed by atoms with Gasteiger partial charge in [0.2, 0.25) is 0 Å². The Hall–Kier alpha value is -0.900. The molecule has 1 aliphatic heterocycles. The molecule has 3 heteroatoms. The molecule has 0 bridgehead atoms. The summed E-state index contributed by atoms with van der Waals surface area (Å²) in [5.74, 6) is 0. The second kappa shape index (κ2) is 7.21. The molecule has 112 valence electrons. The van der Waals surface area contributed by atoms with Gasteiger partial charge in [0.15, 0.2) is 0 Å². The van der Waals surface area contributed by atoms with Gasteiger partial charge in [-0.3, -0.25) is 4.90 Å². The Morgan fingerprint density at radius 3 is 2.60 bits per heavy atom. The Kier molecular flexibility index (Phi) is 5.58. The maximum absolute atomic E-state index is 5.65. The molecule has 2 rings (SSSR count). The quantitative estimate of drug-likeness (QED) is 0.894. The summed E-state index contributed by atoms with van der Waals surface area (Å²) in [4.78, 5) is 2.55. The van der Waals surface area contributed by atoms with Crippen LogP contribution in [0.15, 0.2) is 18.2 Å².